The average Bonchev–Trinajstić information content (AvgIpc) is 2.60. The van der Waals surface area contributed by atoms with Crippen LogP contribution in [-0.4, -0.2) is 21.2 Å². The topological polar surface area (TPSA) is 73.3 Å². The Morgan fingerprint density at radius 3 is 2.80 bits per heavy atom. The summed E-state index contributed by atoms with van der Waals surface area (Å²) < 4.78 is 0. The summed E-state index contributed by atoms with van der Waals surface area (Å²) >= 11 is 0. The van der Waals surface area contributed by atoms with E-state index in [1.165, 1.54) is 6.07 Å². The number of fused-ring (bicyclic) bond motifs is 1. The standard InChI is InChI=1S/C11H11NO3/c1-2-6-5-12-10-8(6)3-7(11(14)15)4-9(10)13/h3-5,12-13H,2H2,1H3,(H,14,15). The predicted octanol–water partition coefficient (Wildman–Crippen LogP) is 2.13. The first-order valence-corrected chi connectivity index (χ1v) is 4.69. The van der Waals surface area contributed by atoms with Crippen molar-refractivity contribution < 1.29 is 15.0 Å². The number of phenolic OH excluding ortho intramolecular Hbond substituents is 1. The summed E-state index contributed by atoms with van der Waals surface area (Å²) in [6.07, 6.45) is 2.58. The number of aromatic hydroxyl groups is 1. The van der Waals surface area contributed by atoms with Crippen LogP contribution in [0.3, 0.4) is 0 Å². The van der Waals surface area contributed by atoms with Crippen molar-refractivity contribution in [2.75, 3.05) is 0 Å². The van der Waals surface area contributed by atoms with E-state index >= 15 is 0 Å². The number of aromatic nitrogens is 1. The number of aryl methyl sites for hydroxylation is 1. The van der Waals surface area contributed by atoms with Gasteiger partial charge in [0.05, 0.1) is 11.1 Å². The summed E-state index contributed by atoms with van der Waals surface area (Å²) in [7, 11) is 0. The van der Waals surface area contributed by atoms with Crippen LogP contribution in [0.2, 0.25) is 0 Å². The quantitative estimate of drug-likeness (QED) is 0.703. The Kier molecular flexibility index (Phi) is 2.11. The van der Waals surface area contributed by atoms with Gasteiger partial charge in [0.2, 0.25) is 0 Å². The molecule has 0 amide bonds. The fourth-order valence-corrected chi connectivity index (χ4v) is 1.68. The number of rotatable bonds is 2. The number of H-pyrrole nitrogens is 1. The second kappa shape index (κ2) is 3.31. The van der Waals surface area contributed by atoms with Crippen molar-refractivity contribution in [1.29, 1.82) is 0 Å². The maximum Gasteiger partial charge on any atom is 0.335 e. The maximum absolute atomic E-state index is 10.8. The molecule has 4 heteroatoms. The molecule has 3 N–H and O–H groups in total. The van der Waals surface area contributed by atoms with Crippen LogP contribution in [0.15, 0.2) is 18.3 Å². The van der Waals surface area contributed by atoms with Crippen molar-refractivity contribution >= 4 is 16.9 Å². The highest BCUT2D eigenvalue weighted by Gasteiger charge is 2.11. The van der Waals surface area contributed by atoms with Crippen molar-refractivity contribution in [2.24, 2.45) is 0 Å². The smallest absolute Gasteiger partial charge is 0.335 e. The molecule has 1 aromatic carbocycles. The molecule has 2 aromatic rings. The van der Waals surface area contributed by atoms with Crippen molar-refractivity contribution in [2.45, 2.75) is 13.3 Å². The first-order chi connectivity index (χ1) is 7.13. The number of carboxylic acid groups (broad SMARTS) is 1. The first kappa shape index (κ1) is 9.58. The predicted molar refractivity (Wildman–Crippen MR) is 56.3 cm³/mol. The minimum atomic E-state index is -1.03. The number of nitrogens with one attached hydrogen (secondary N) is 1. The Labute approximate surface area is 86.2 Å². The zero-order chi connectivity index (χ0) is 11.0. The summed E-state index contributed by atoms with van der Waals surface area (Å²) in [6, 6.07) is 2.83. The maximum atomic E-state index is 10.8. The third-order valence-corrected chi connectivity index (χ3v) is 2.48. The lowest BCUT2D eigenvalue weighted by molar-refractivity contribution is 0.0696. The fraction of sp³-hybridized carbons (Fsp3) is 0.182. The van der Waals surface area contributed by atoms with Crippen LogP contribution >= 0.6 is 0 Å². The van der Waals surface area contributed by atoms with E-state index in [2.05, 4.69) is 4.98 Å². The van der Waals surface area contributed by atoms with Crippen molar-refractivity contribution in [3.8, 4) is 5.75 Å². The summed E-state index contributed by atoms with van der Waals surface area (Å²) in [5.74, 6) is -1.06. The van der Waals surface area contributed by atoms with Crippen LogP contribution < -0.4 is 0 Å². The summed E-state index contributed by atoms with van der Waals surface area (Å²) in [5.41, 5.74) is 1.70. The number of aromatic amines is 1. The van der Waals surface area contributed by atoms with Gasteiger partial charge < -0.3 is 15.2 Å². The van der Waals surface area contributed by atoms with E-state index < -0.39 is 5.97 Å². The molecular formula is C11H11NO3. The van der Waals surface area contributed by atoms with E-state index in [-0.39, 0.29) is 11.3 Å². The molecular weight excluding hydrogens is 194 g/mol. The molecule has 0 saturated carbocycles. The lowest BCUT2D eigenvalue weighted by atomic mass is 10.1. The molecule has 2 rings (SSSR count). The average molecular weight is 205 g/mol. The monoisotopic (exact) mass is 205 g/mol. The van der Waals surface area contributed by atoms with Crippen LogP contribution in [0.25, 0.3) is 10.9 Å². The molecule has 1 heterocycles. The Morgan fingerprint density at radius 2 is 2.20 bits per heavy atom. The lowest BCUT2D eigenvalue weighted by Gasteiger charge is -2.00. The van der Waals surface area contributed by atoms with Crippen LogP contribution in [0.5, 0.6) is 5.75 Å². The van der Waals surface area contributed by atoms with Gasteiger partial charge in [0.25, 0.3) is 0 Å². The number of phenols is 1. The van der Waals surface area contributed by atoms with E-state index in [1.807, 2.05) is 6.92 Å². The van der Waals surface area contributed by atoms with E-state index in [0.29, 0.717) is 5.52 Å². The van der Waals surface area contributed by atoms with Gasteiger partial charge in [0.15, 0.2) is 0 Å². The summed E-state index contributed by atoms with van der Waals surface area (Å²) in [5, 5.41) is 19.2. The van der Waals surface area contributed by atoms with E-state index in [4.69, 9.17) is 5.11 Å². The third kappa shape index (κ3) is 1.44. The Balaban J connectivity index is 2.77. The largest absolute Gasteiger partial charge is 0.506 e. The Bertz CT molecular complexity index is 528. The van der Waals surface area contributed by atoms with Gasteiger partial charge >= 0.3 is 5.97 Å². The molecule has 0 fully saturated rings. The number of hydrogen-bond acceptors (Lipinski definition) is 2. The molecule has 4 nitrogen and oxygen atoms in total. The number of benzene rings is 1. The highest BCUT2D eigenvalue weighted by Crippen LogP contribution is 2.28. The van der Waals surface area contributed by atoms with Crippen LogP contribution in [0.1, 0.15) is 22.8 Å². The molecule has 0 radical (unpaired) electrons. The van der Waals surface area contributed by atoms with Gasteiger partial charge in [-0.2, -0.15) is 0 Å². The van der Waals surface area contributed by atoms with Gasteiger partial charge in [-0.05, 0) is 24.1 Å². The molecule has 0 spiro atoms. The Morgan fingerprint density at radius 1 is 1.47 bits per heavy atom. The van der Waals surface area contributed by atoms with Crippen molar-refractivity contribution in [1.82, 2.24) is 4.98 Å². The van der Waals surface area contributed by atoms with Gasteiger partial charge in [-0.25, -0.2) is 4.79 Å². The van der Waals surface area contributed by atoms with Gasteiger partial charge in [-0.1, -0.05) is 6.92 Å². The molecule has 0 saturated heterocycles. The zero-order valence-corrected chi connectivity index (χ0v) is 8.24. The molecule has 0 aliphatic rings. The minimum absolute atomic E-state index is 0.0235. The SMILES string of the molecule is CCc1c[nH]c2c(O)cc(C(=O)O)cc12. The molecule has 1 aromatic heterocycles. The van der Waals surface area contributed by atoms with E-state index in [0.717, 1.165) is 17.4 Å². The highest BCUT2D eigenvalue weighted by atomic mass is 16.4. The second-order valence-corrected chi connectivity index (χ2v) is 3.39. The molecule has 0 unspecified atom stereocenters. The number of carboxylic acids is 1. The normalized spacial score (nSPS) is 10.7. The third-order valence-electron chi connectivity index (χ3n) is 2.48. The second-order valence-electron chi connectivity index (χ2n) is 3.39. The van der Waals surface area contributed by atoms with E-state index in [1.54, 1.807) is 12.3 Å². The first-order valence-electron chi connectivity index (χ1n) is 4.69. The molecule has 0 atom stereocenters. The van der Waals surface area contributed by atoms with Gasteiger partial charge in [-0.3, -0.25) is 0 Å². The van der Waals surface area contributed by atoms with Crippen molar-refractivity contribution in [3.63, 3.8) is 0 Å². The minimum Gasteiger partial charge on any atom is -0.506 e. The Hall–Kier alpha value is -1.97. The number of carbonyl (C=O) groups is 1. The fourth-order valence-electron chi connectivity index (χ4n) is 1.68. The van der Waals surface area contributed by atoms with E-state index in [9.17, 15) is 9.90 Å². The molecule has 0 bridgehead atoms. The van der Waals surface area contributed by atoms with Gasteiger partial charge in [0, 0.05) is 11.6 Å². The highest BCUT2D eigenvalue weighted by molar-refractivity contribution is 5.97. The van der Waals surface area contributed by atoms with Crippen LogP contribution in [-0.2, 0) is 6.42 Å². The molecule has 0 aliphatic carbocycles. The lowest BCUT2D eigenvalue weighted by Crippen LogP contribution is -1.95. The van der Waals surface area contributed by atoms with Crippen LogP contribution in [0.4, 0.5) is 0 Å². The summed E-state index contributed by atoms with van der Waals surface area (Å²) in [4.78, 5) is 13.7. The van der Waals surface area contributed by atoms with Crippen molar-refractivity contribution in [3.05, 3.63) is 29.5 Å². The number of hydrogen-bond donors (Lipinski definition) is 3. The summed E-state index contributed by atoms with van der Waals surface area (Å²) in [6.45, 7) is 1.98. The van der Waals surface area contributed by atoms with Gasteiger partial charge in [-0.15, -0.1) is 0 Å². The molecule has 0 aliphatic heterocycles. The molecule has 15 heavy (non-hydrogen) atoms. The van der Waals surface area contributed by atoms with Crippen LogP contribution in [0, 0.1) is 0 Å². The molecule has 78 valence electrons. The van der Waals surface area contributed by atoms with Gasteiger partial charge in [0.1, 0.15) is 5.75 Å². The zero-order valence-electron chi connectivity index (χ0n) is 8.24. The number of aromatic carboxylic acids is 1.